The Kier molecular flexibility index (Phi) is 4.35. The Labute approximate surface area is 115 Å². The molecular formula is C13H14N2O3S. The zero-order valence-electron chi connectivity index (χ0n) is 10.6. The van der Waals surface area contributed by atoms with E-state index in [0.717, 1.165) is 5.69 Å². The third kappa shape index (κ3) is 3.03. The number of carbonyl (C=O) groups is 1. The maximum Gasteiger partial charge on any atom is 0.335 e. The van der Waals surface area contributed by atoms with Crippen molar-refractivity contribution in [2.75, 3.05) is 19.5 Å². The summed E-state index contributed by atoms with van der Waals surface area (Å²) in [5.74, 6) is 0.272. The van der Waals surface area contributed by atoms with E-state index in [1.54, 1.807) is 13.3 Å². The average Bonchev–Trinajstić information content (AvgIpc) is 2.98. The molecular weight excluding hydrogens is 264 g/mol. The number of carbonyl (C=O) groups excluding carboxylic acids is 1. The third-order valence-corrected chi connectivity index (χ3v) is 3.38. The van der Waals surface area contributed by atoms with Gasteiger partial charge in [0.1, 0.15) is 10.8 Å². The smallest absolute Gasteiger partial charge is 0.335 e. The van der Waals surface area contributed by atoms with E-state index in [-0.39, 0.29) is 5.97 Å². The van der Waals surface area contributed by atoms with Crippen LogP contribution in [-0.2, 0) is 9.53 Å². The lowest BCUT2D eigenvalue weighted by molar-refractivity contribution is -0.141. The molecule has 0 saturated carbocycles. The molecule has 1 unspecified atom stereocenters. The van der Waals surface area contributed by atoms with Crippen molar-refractivity contribution >= 4 is 23.0 Å². The number of rotatable bonds is 5. The zero-order valence-corrected chi connectivity index (χ0v) is 11.4. The van der Waals surface area contributed by atoms with Crippen LogP contribution in [-0.4, -0.2) is 25.2 Å². The van der Waals surface area contributed by atoms with E-state index in [1.165, 1.54) is 18.4 Å². The van der Waals surface area contributed by atoms with Gasteiger partial charge in [-0.2, -0.15) is 0 Å². The van der Waals surface area contributed by atoms with Gasteiger partial charge in [0, 0.05) is 11.6 Å². The van der Waals surface area contributed by atoms with E-state index in [1.807, 2.05) is 29.6 Å². The molecule has 2 aromatic rings. The van der Waals surface area contributed by atoms with E-state index in [9.17, 15) is 4.79 Å². The van der Waals surface area contributed by atoms with Crippen molar-refractivity contribution in [3.05, 3.63) is 40.8 Å². The van der Waals surface area contributed by atoms with Gasteiger partial charge in [-0.3, -0.25) is 0 Å². The highest BCUT2D eigenvalue weighted by Gasteiger charge is 2.24. The number of hydrogen-bond donors (Lipinski definition) is 1. The lowest BCUT2D eigenvalue weighted by atomic mass is 10.2. The summed E-state index contributed by atoms with van der Waals surface area (Å²) in [6, 6.07) is 6.74. The molecule has 0 amide bonds. The number of nitrogens with zero attached hydrogens (tertiary/aromatic N) is 1. The number of esters is 1. The first-order valence-corrected chi connectivity index (χ1v) is 6.51. The Bertz CT molecular complexity index is 543. The summed E-state index contributed by atoms with van der Waals surface area (Å²) in [6.45, 7) is 0. The molecule has 1 aromatic heterocycles. The van der Waals surface area contributed by atoms with Crippen LogP contribution in [0.1, 0.15) is 11.0 Å². The first kappa shape index (κ1) is 13.4. The molecule has 5 nitrogen and oxygen atoms in total. The quantitative estimate of drug-likeness (QED) is 0.851. The maximum absolute atomic E-state index is 11.9. The van der Waals surface area contributed by atoms with Gasteiger partial charge in [-0.15, -0.1) is 11.3 Å². The van der Waals surface area contributed by atoms with Crippen LogP contribution in [0, 0.1) is 0 Å². The molecule has 1 heterocycles. The van der Waals surface area contributed by atoms with Gasteiger partial charge in [-0.25, -0.2) is 9.78 Å². The van der Waals surface area contributed by atoms with Crippen molar-refractivity contribution < 1.29 is 14.3 Å². The summed E-state index contributed by atoms with van der Waals surface area (Å²) >= 11 is 1.39. The molecule has 2 rings (SSSR count). The molecule has 0 aliphatic heterocycles. The average molecular weight is 278 g/mol. The molecule has 1 N–H and O–H groups in total. The molecule has 0 saturated heterocycles. The van der Waals surface area contributed by atoms with E-state index in [0.29, 0.717) is 10.8 Å². The fourth-order valence-corrected chi connectivity index (χ4v) is 2.31. The van der Waals surface area contributed by atoms with E-state index in [2.05, 4.69) is 10.3 Å². The van der Waals surface area contributed by atoms with Crippen molar-refractivity contribution in [2.45, 2.75) is 6.04 Å². The molecule has 0 aliphatic rings. The molecule has 0 aliphatic carbocycles. The minimum absolute atomic E-state index is 0.388. The fourth-order valence-electron chi connectivity index (χ4n) is 1.64. The van der Waals surface area contributed by atoms with Gasteiger partial charge in [-0.05, 0) is 12.1 Å². The number of aromatic nitrogens is 1. The van der Waals surface area contributed by atoms with Crippen molar-refractivity contribution in [3.8, 4) is 5.75 Å². The number of ether oxygens (including phenoxy) is 2. The van der Waals surface area contributed by atoms with Gasteiger partial charge in [0.05, 0.1) is 19.9 Å². The van der Waals surface area contributed by atoms with Gasteiger partial charge < -0.3 is 14.8 Å². The fraction of sp³-hybridized carbons (Fsp3) is 0.231. The first-order valence-electron chi connectivity index (χ1n) is 5.63. The first-order chi connectivity index (χ1) is 9.26. The molecule has 19 heavy (non-hydrogen) atoms. The molecule has 0 spiro atoms. The maximum atomic E-state index is 11.9. The number of para-hydroxylation sites is 2. The zero-order chi connectivity index (χ0) is 13.7. The highest BCUT2D eigenvalue weighted by molar-refractivity contribution is 7.09. The van der Waals surface area contributed by atoms with E-state index < -0.39 is 6.04 Å². The Morgan fingerprint density at radius 2 is 2.16 bits per heavy atom. The minimum atomic E-state index is -0.638. The van der Waals surface area contributed by atoms with Crippen molar-refractivity contribution in [1.82, 2.24) is 4.98 Å². The number of anilines is 1. The number of thiazole rings is 1. The van der Waals surface area contributed by atoms with E-state index in [4.69, 9.17) is 9.47 Å². The number of hydrogen-bond acceptors (Lipinski definition) is 6. The van der Waals surface area contributed by atoms with Gasteiger partial charge in [-0.1, -0.05) is 12.1 Å². The minimum Gasteiger partial charge on any atom is -0.495 e. The summed E-state index contributed by atoms with van der Waals surface area (Å²) in [5, 5.41) is 5.57. The van der Waals surface area contributed by atoms with Crippen LogP contribution in [0.25, 0.3) is 0 Å². The summed E-state index contributed by atoms with van der Waals surface area (Å²) in [4.78, 5) is 16.0. The van der Waals surface area contributed by atoms with Gasteiger partial charge >= 0.3 is 5.97 Å². The van der Waals surface area contributed by atoms with Crippen molar-refractivity contribution in [2.24, 2.45) is 0 Å². The summed E-state index contributed by atoms with van der Waals surface area (Å²) < 4.78 is 10.1. The Hall–Kier alpha value is -2.08. The van der Waals surface area contributed by atoms with Gasteiger partial charge in [0.15, 0.2) is 6.04 Å². The predicted molar refractivity (Wildman–Crippen MR) is 73.5 cm³/mol. The van der Waals surface area contributed by atoms with Crippen molar-refractivity contribution in [1.29, 1.82) is 0 Å². The lowest BCUT2D eigenvalue weighted by Gasteiger charge is -2.17. The van der Waals surface area contributed by atoms with Crippen LogP contribution >= 0.6 is 11.3 Å². The number of methoxy groups -OCH3 is 2. The van der Waals surface area contributed by atoms with Gasteiger partial charge in [0.2, 0.25) is 0 Å². The highest BCUT2D eigenvalue weighted by Crippen LogP contribution is 2.29. The van der Waals surface area contributed by atoms with Crippen LogP contribution in [0.3, 0.4) is 0 Å². The third-order valence-electron chi connectivity index (χ3n) is 2.54. The summed E-state index contributed by atoms with van der Waals surface area (Å²) in [5.41, 5.74) is 0.718. The summed E-state index contributed by atoms with van der Waals surface area (Å²) in [7, 11) is 2.93. The molecule has 6 heteroatoms. The van der Waals surface area contributed by atoms with Crippen LogP contribution < -0.4 is 10.1 Å². The van der Waals surface area contributed by atoms with Gasteiger partial charge in [0.25, 0.3) is 0 Å². The Morgan fingerprint density at radius 3 is 2.79 bits per heavy atom. The van der Waals surface area contributed by atoms with Crippen LogP contribution in [0.2, 0.25) is 0 Å². The molecule has 100 valence electrons. The van der Waals surface area contributed by atoms with Crippen LogP contribution in [0.15, 0.2) is 35.8 Å². The van der Waals surface area contributed by atoms with E-state index >= 15 is 0 Å². The number of benzene rings is 1. The SMILES string of the molecule is COC(=O)C(Nc1ccccc1OC)c1nccs1. The lowest BCUT2D eigenvalue weighted by Crippen LogP contribution is -2.22. The molecule has 0 bridgehead atoms. The molecule has 1 aromatic carbocycles. The normalized spacial score (nSPS) is 11.7. The summed E-state index contributed by atoms with van der Waals surface area (Å²) in [6.07, 6.45) is 1.65. The van der Waals surface area contributed by atoms with Crippen molar-refractivity contribution in [3.63, 3.8) is 0 Å². The largest absolute Gasteiger partial charge is 0.495 e. The Morgan fingerprint density at radius 1 is 1.37 bits per heavy atom. The standard InChI is InChI=1S/C13H14N2O3S/c1-17-10-6-4-3-5-9(10)15-11(13(16)18-2)12-14-7-8-19-12/h3-8,11,15H,1-2H3. The molecule has 0 fully saturated rings. The Balaban J connectivity index is 2.28. The molecule has 1 atom stereocenters. The highest BCUT2D eigenvalue weighted by atomic mass is 32.1. The number of nitrogens with one attached hydrogen (secondary N) is 1. The second-order valence-corrected chi connectivity index (χ2v) is 4.60. The molecule has 0 radical (unpaired) electrons. The topological polar surface area (TPSA) is 60.5 Å². The van der Waals surface area contributed by atoms with Crippen LogP contribution in [0.5, 0.6) is 5.75 Å². The van der Waals surface area contributed by atoms with Crippen LogP contribution in [0.4, 0.5) is 5.69 Å². The second-order valence-electron chi connectivity index (χ2n) is 3.67. The second kappa shape index (κ2) is 6.19. The monoisotopic (exact) mass is 278 g/mol. The predicted octanol–water partition coefficient (Wildman–Crippen LogP) is 2.48.